The summed E-state index contributed by atoms with van der Waals surface area (Å²) >= 11 is 0.758. The molecule has 0 bridgehead atoms. The Bertz CT molecular complexity index is 578. The largest absolute Gasteiger partial charge is 0.439 e. The first kappa shape index (κ1) is 21.6. The molecule has 0 saturated carbocycles. The summed E-state index contributed by atoms with van der Waals surface area (Å²) in [4.78, 5) is 10.8. The normalized spacial score (nSPS) is 16.2. The molecule has 1 rings (SSSR count). The first-order valence-electron chi connectivity index (χ1n) is 6.71. The number of aliphatic hydroxyl groups excluding tert-OH is 2. The van der Waals surface area contributed by atoms with Gasteiger partial charge in [-0.05, 0) is 17.7 Å². The van der Waals surface area contributed by atoms with Gasteiger partial charge in [0.25, 0.3) is 6.17 Å². The van der Waals surface area contributed by atoms with Gasteiger partial charge in [0.15, 0.2) is 5.12 Å². The van der Waals surface area contributed by atoms with Gasteiger partial charge < -0.3 is 14.9 Å². The summed E-state index contributed by atoms with van der Waals surface area (Å²) in [5.74, 6) is -0.887. The minimum Gasteiger partial charge on any atom is -0.430 e. The van der Waals surface area contributed by atoms with Crippen LogP contribution in [0.3, 0.4) is 0 Å². The molecule has 11 heteroatoms. The van der Waals surface area contributed by atoms with E-state index < -0.39 is 36.4 Å². The molecule has 0 radical (unpaired) electrons. The number of benzene rings is 1. The number of carbonyl (C=O) groups is 1. The Kier molecular flexibility index (Phi) is 7.15. The molecule has 2 N–H and O–H groups in total. The minimum atomic E-state index is -5.79. The van der Waals surface area contributed by atoms with Gasteiger partial charge in [-0.3, -0.25) is 4.79 Å². The predicted molar refractivity (Wildman–Crippen MR) is 77.1 cm³/mol. The van der Waals surface area contributed by atoms with Gasteiger partial charge in [0.1, 0.15) is 11.9 Å². The van der Waals surface area contributed by atoms with Gasteiger partial charge >= 0.3 is 12.3 Å². The molecular formula is C14H14F6O4S. The molecule has 0 aliphatic rings. The first-order chi connectivity index (χ1) is 11.3. The molecule has 142 valence electrons. The first-order valence-corrected chi connectivity index (χ1v) is 7.70. The number of thioether (sulfide) groups is 1. The Labute approximate surface area is 142 Å². The number of rotatable bonds is 7. The lowest BCUT2D eigenvalue weighted by Gasteiger charge is -2.23. The van der Waals surface area contributed by atoms with Crippen LogP contribution in [0.1, 0.15) is 18.6 Å². The Balaban J connectivity index is 2.77. The van der Waals surface area contributed by atoms with E-state index >= 15 is 0 Å². The van der Waals surface area contributed by atoms with E-state index in [9.17, 15) is 41.4 Å². The van der Waals surface area contributed by atoms with Crippen LogP contribution in [0.4, 0.5) is 26.3 Å². The number of carbonyl (C=O) groups excluding carboxylic acids is 1. The van der Waals surface area contributed by atoms with Crippen LogP contribution in [0, 0.1) is 0 Å². The molecule has 0 aromatic heterocycles. The fraction of sp³-hybridized carbons (Fsp3) is 0.500. The van der Waals surface area contributed by atoms with Gasteiger partial charge in [-0.1, -0.05) is 23.9 Å². The smallest absolute Gasteiger partial charge is 0.430 e. The standard InChI is InChI=1S/C14H14F6O4S/c1-7(21)25-6-10(22)11(23)8-2-4-9(5-3-8)24-14(19,20)12(15)13(16,17)18/h2-5,10-12,22-23H,6H2,1H3/t10?,11?,12-/m1/s1. The average molecular weight is 392 g/mol. The van der Waals surface area contributed by atoms with Gasteiger partial charge in [0, 0.05) is 12.7 Å². The highest BCUT2D eigenvalue weighted by molar-refractivity contribution is 8.13. The quantitative estimate of drug-likeness (QED) is 0.698. The van der Waals surface area contributed by atoms with Crippen LogP contribution in [-0.4, -0.2) is 45.6 Å². The number of alkyl halides is 6. The van der Waals surface area contributed by atoms with Gasteiger partial charge in [-0.2, -0.15) is 22.0 Å². The number of halogens is 6. The summed E-state index contributed by atoms with van der Waals surface area (Å²) in [6.45, 7) is 1.26. The zero-order valence-electron chi connectivity index (χ0n) is 12.6. The Morgan fingerprint density at radius 1 is 1.16 bits per heavy atom. The average Bonchev–Trinajstić information content (AvgIpc) is 2.50. The van der Waals surface area contributed by atoms with Crippen molar-refractivity contribution in [2.45, 2.75) is 37.6 Å². The molecule has 25 heavy (non-hydrogen) atoms. The number of aliphatic hydroxyl groups is 2. The third-order valence-electron chi connectivity index (χ3n) is 2.88. The van der Waals surface area contributed by atoms with Crippen molar-refractivity contribution in [1.29, 1.82) is 0 Å². The molecule has 0 heterocycles. The van der Waals surface area contributed by atoms with Crippen molar-refractivity contribution in [3.63, 3.8) is 0 Å². The maximum absolute atomic E-state index is 13.1. The second kappa shape index (κ2) is 8.28. The zero-order valence-corrected chi connectivity index (χ0v) is 13.5. The van der Waals surface area contributed by atoms with Gasteiger partial charge in [0.05, 0.1) is 6.10 Å². The van der Waals surface area contributed by atoms with E-state index in [-0.39, 0.29) is 16.4 Å². The third kappa shape index (κ3) is 6.40. The van der Waals surface area contributed by atoms with Crippen molar-refractivity contribution in [3.05, 3.63) is 29.8 Å². The molecule has 4 nitrogen and oxygen atoms in total. The molecule has 0 aliphatic carbocycles. The van der Waals surface area contributed by atoms with Crippen molar-refractivity contribution in [3.8, 4) is 5.75 Å². The van der Waals surface area contributed by atoms with Crippen molar-refractivity contribution < 1.29 is 46.1 Å². The van der Waals surface area contributed by atoms with E-state index in [1.54, 1.807) is 0 Å². The third-order valence-corrected chi connectivity index (χ3v) is 3.79. The molecule has 0 amide bonds. The summed E-state index contributed by atoms with van der Waals surface area (Å²) < 4.78 is 78.8. The summed E-state index contributed by atoms with van der Waals surface area (Å²) in [6, 6.07) is 3.61. The lowest BCUT2D eigenvalue weighted by atomic mass is 10.1. The van der Waals surface area contributed by atoms with Crippen LogP contribution in [0.2, 0.25) is 0 Å². The van der Waals surface area contributed by atoms with Crippen LogP contribution in [0.5, 0.6) is 5.75 Å². The predicted octanol–water partition coefficient (Wildman–Crippen LogP) is 3.23. The zero-order chi connectivity index (χ0) is 19.4. The molecule has 0 spiro atoms. The van der Waals surface area contributed by atoms with Gasteiger partial charge in [-0.25, -0.2) is 4.39 Å². The second-order valence-corrected chi connectivity index (χ2v) is 6.15. The van der Waals surface area contributed by atoms with E-state index in [2.05, 4.69) is 4.74 Å². The summed E-state index contributed by atoms with van der Waals surface area (Å²) in [7, 11) is 0. The van der Waals surface area contributed by atoms with Gasteiger partial charge in [-0.15, -0.1) is 0 Å². The van der Waals surface area contributed by atoms with Gasteiger partial charge in [0.2, 0.25) is 0 Å². The topological polar surface area (TPSA) is 66.8 Å². The SMILES string of the molecule is CC(=O)SCC(O)C(O)c1ccc(OC(F)(F)[C@H](F)C(F)(F)F)cc1. The molecule has 0 aliphatic heterocycles. The molecule has 2 unspecified atom stereocenters. The van der Waals surface area contributed by atoms with Crippen molar-refractivity contribution in [1.82, 2.24) is 0 Å². The summed E-state index contributed by atoms with van der Waals surface area (Å²) in [5, 5.41) is 19.2. The van der Waals surface area contributed by atoms with E-state index in [1.165, 1.54) is 6.92 Å². The summed E-state index contributed by atoms with van der Waals surface area (Å²) in [6.07, 6.45) is -18.2. The molecule has 0 fully saturated rings. The highest BCUT2D eigenvalue weighted by Gasteiger charge is 2.59. The van der Waals surface area contributed by atoms with E-state index in [4.69, 9.17) is 0 Å². The van der Waals surface area contributed by atoms with Crippen LogP contribution in [-0.2, 0) is 4.79 Å². The Morgan fingerprint density at radius 2 is 1.68 bits per heavy atom. The molecule has 0 saturated heterocycles. The summed E-state index contributed by atoms with van der Waals surface area (Å²) in [5.41, 5.74) is 0.0416. The second-order valence-electron chi connectivity index (χ2n) is 4.95. The van der Waals surface area contributed by atoms with Crippen LogP contribution < -0.4 is 4.74 Å². The van der Waals surface area contributed by atoms with Crippen LogP contribution in [0.15, 0.2) is 24.3 Å². The lowest BCUT2D eigenvalue weighted by Crippen LogP contribution is -2.45. The van der Waals surface area contributed by atoms with Crippen LogP contribution >= 0.6 is 11.8 Å². The highest BCUT2D eigenvalue weighted by atomic mass is 32.2. The molecule has 3 atom stereocenters. The van der Waals surface area contributed by atoms with Crippen LogP contribution in [0.25, 0.3) is 0 Å². The molecular weight excluding hydrogens is 378 g/mol. The number of hydrogen-bond acceptors (Lipinski definition) is 5. The maximum atomic E-state index is 13.1. The van der Waals surface area contributed by atoms with Crippen molar-refractivity contribution >= 4 is 16.9 Å². The van der Waals surface area contributed by atoms with E-state index in [0.717, 1.165) is 36.0 Å². The highest BCUT2D eigenvalue weighted by Crippen LogP contribution is 2.36. The molecule has 1 aromatic carbocycles. The van der Waals surface area contributed by atoms with Crippen molar-refractivity contribution in [2.75, 3.05) is 5.75 Å². The number of ether oxygens (including phenoxy) is 1. The fourth-order valence-corrected chi connectivity index (χ4v) is 2.24. The van der Waals surface area contributed by atoms with E-state index in [1.807, 2.05) is 0 Å². The fourth-order valence-electron chi connectivity index (χ4n) is 1.65. The number of hydrogen-bond donors (Lipinski definition) is 2. The Morgan fingerprint density at radius 3 is 2.12 bits per heavy atom. The maximum Gasteiger partial charge on any atom is 0.439 e. The monoisotopic (exact) mass is 392 g/mol. The van der Waals surface area contributed by atoms with Crippen molar-refractivity contribution in [2.24, 2.45) is 0 Å². The molecule has 1 aromatic rings. The Hall–Kier alpha value is -1.46. The lowest BCUT2D eigenvalue weighted by molar-refractivity contribution is -0.304. The van der Waals surface area contributed by atoms with E-state index in [0.29, 0.717) is 0 Å². The minimum absolute atomic E-state index is 0.0416.